The molecule has 3 rings (SSSR count). The molecular formula is C23H35NO4S2. The number of aromatic nitrogens is 1. The van der Waals surface area contributed by atoms with Gasteiger partial charge in [-0.2, -0.15) is 0 Å². The molecule has 0 aromatic carbocycles. The van der Waals surface area contributed by atoms with Gasteiger partial charge in [-0.25, -0.2) is 4.98 Å². The molecule has 0 aliphatic heterocycles. The minimum atomic E-state index is -0.832. The number of hydrogen-bond donors (Lipinski definition) is 1. The van der Waals surface area contributed by atoms with E-state index in [4.69, 9.17) is 9.84 Å². The van der Waals surface area contributed by atoms with Gasteiger partial charge in [0.05, 0.1) is 28.7 Å². The lowest BCUT2D eigenvalue weighted by atomic mass is 9.67. The SMILES string of the molecule is CCCOC1CCC([C@@H](C(=O)Cc2ncc(SCC(=O)O)s2)C2CCCCC2)CC1. The van der Waals surface area contributed by atoms with Gasteiger partial charge in [-0.3, -0.25) is 9.59 Å². The van der Waals surface area contributed by atoms with E-state index in [0.717, 1.165) is 47.9 Å². The molecule has 7 heteroatoms. The molecule has 2 aliphatic rings. The zero-order valence-corrected chi connectivity index (χ0v) is 19.6. The fourth-order valence-corrected chi connectivity index (χ4v) is 6.90. The van der Waals surface area contributed by atoms with E-state index >= 15 is 0 Å². The summed E-state index contributed by atoms with van der Waals surface area (Å²) in [7, 11) is 0. The Balaban J connectivity index is 1.62. The molecule has 30 heavy (non-hydrogen) atoms. The van der Waals surface area contributed by atoms with E-state index in [-0.39, 0.29) is 11.7 Å². The molecule has 168 valence electrons. The molecule has 1 heterocycles. The molecule has 1 aromatic heterocycles. The van der Waals surface area contributed by atoms with Gasteiger partial charge in [-0.15, -0.1) is 23.1 Å². The van der Waals surface area contributed by atoms with Crippen LogP contribution in [0.1, 0.15) is 76.1 Å². The van der Waals surface area contributed by atoms with Crippen LogP contribution in [0.5, 0.6) is 0 Å². The number of thiazole rings is 1. The zero-order valence-electron chi connectivity index (χ0n) is 18.0. The smallest absolute Gasteiger partial charge is 0.313 e. The Labute approximate surface area is 188 Å². The first kappa shape index (κ1) is 23.7. The standard InChI is InChI=1S/C23H35NO4S2/c1-2-12-28-18-10-8-17(9-11-18)23(16-6-4-3-5-7-16)19(25)13-20-24-14-22(30-20)29-15-21(26)27/h14,16-18,23H,2-13,15H2,1H3,(H,26,27)/t17?,18?,23-/m0/s1. The summed E-state index contributed by atoms with van der Waals surface area (Å²) in [4.78, 5) is 28.7. The van der Waals surface area contributed by atoms with Crippen LogP contribution < -0.4 is 0 Å². The van der Waals surface area contributed by atoms with E-state index in [1.165, 1.54) is 55.2 Å². The molecule has 0 spiro atoms. The number of carboxylic acid groups (broad SMARTS) is 1. The highest BCUT2D eigenvalue weighted by atomic mass is 32.2. The molecular weight excluding hydrogens is 418 g/mol. The summed E-state index contributed by atoms with van der Waals surface area (Å²) in [5.74, 6) is 0.694. The van der Waals surface area contributed by atoms with Crippen molar-refractivity contribution >= 4 is 34.9 Å². The van der Waals surface area contributed by atoms with Gasteiger partial charge >= 0.3 is 5.97 Å². The Morgan fingerprint density at radius 1 is 1.17 bits per heavy atom. The number of carboxylic acids is 1. The van der Waals surface area contributed by atoms with Crippen LogP contribution in [-0.4, -0.2) is 40.3 Å². The van der Waals surface area contributed by atoms with Crippen LogP contribution in [0, 0.1) is 17.8 Å². The van der Waals surface area contributed by atoms with Crippen LogP contribution in [0.2, 0.25) is 0 Å². The molecule has 5 nitrogen and oxygen atoms in total. The van der Waals surface area contributed by atoms with E-state index in [9.17, 15) is 9.59 Å². The molecule has 2 saturated carbocycles. The summed E-state index contributed by atoms with van der Waals surface area (Å²) in [6.07, 6.45) is 14.0. The van der Waals surface area contributed by atoms with Crippen LogP contribution in [-0.2, 0) is 20.7 Å². The number of Topliss-reactive ketones (excluding diaryl/α,β-unsaturated/α-hetero) is 1. The van der Waals surface area contributed by atoms with Gasteiger partial charge in [0, 0.05) is 12.5 Å². The van der Waals surface area contributed by atoms with Crippen LogP contribution >= 0.6 is 23.1 Å². The molecule has 0 bridgehead atoms. The average molecular weight is 454 g/mol. The second-order valence-electron chi connectivity index (χ2n) is 8.73. The highest BCUT2D eigenvalue weighted by Crippen LogP contribution is 2.41. The fraction of sp³-hybridized carbons (Fsp3) is 0.783. The number of thioether (sulfide) groups is 1. The molecule has 1 atom stereocenters. The maximum absolute atomic E-state index is 13.5. The topological polar surface area (TPSA) is 76.5 Å². The van der Waals surface area contributed by atoms with Crippen LogP contribution in [0.15, 0.2) is 10.4 Å². The Morgan fingerprint density at radius 3 is 2.53 bits per heavy atom. The van der Waals surface area contributed by atoms with E-state index in [2.05, 4.69) is 11.9 Å². The van der Waals surface area contributed by atoms with E-state index < -0.39 is 5.97 Å². The van der Waals surface area contributed by atoms with Crippen molar-refractivity contribution in [1.29, 1.82) is 0 Å². The number of carbonyl (C=O) groups is 2. The summed E-state index contributed by atoms with van der Waals surface area (Å²) in [5.41, 5.74) is 0. The van der Waals surface area contributed by atoms with Crippen molar-refractivity contribution in [2.24, 2.45) is 17.8 Å². The number of aliphatic carboxylic acids is 1. The van der Waals surface area contributed by atoms with E-state index in [1.807, 2.05) is 0 Å². The fourth-order valence-electron chi connectivity index (χ4n) is 5.14. The number of hydrogen-bond acceptors (Lipinski definition) is 6. The number of nitrogens with zero attached hydrogens (tertiary/aromatic N) is 1. The molecule has 2 aliphatic carbocycles. The molecule has 0 radical (unpaired) electrons. The highest BCUT2D eigenvalue weighted by molar-refractivity contribution is 8.01. The lowest BCUT2D eigenvalue weighted by Crippen LogP contribution is -2.36. The quantitative estimate of drug-likeness (QED) is 0.439. The van der Waals surface area contributed by atoms with E-state index in [0.29, 0.717) is 30.1 Å². The lowest BCUT2D eigenvalue weighted by Gasteiger charge is -2.38. The van der Waals surface area contributed by atoms with Gasteiger partial charge in [-0.1, -0.05) is 26.2 Å². The molecule has 2 fully saturated rings. The average Bonchev–Trinajstić information content (AvgIpc) is 3.20. The summed E-state index contributed by atoms with van der Waals surface area (Å²) in [6.45, 7) is 2.99. The van der Waals surface area contributed by atoms with Crippen molar-refractivity contribution in [2.75, 3.05) is 12.4 Å². The lowest BCUT2D eigenvalue weighted by molar-refractivity contribution is -0.134. The summed E-state index contributed by atoms with van der Waals surface area (Å²) in [6, 6.07) is 0. The minimum Gasteiger partial charge on any atom is -0.481 e. The molecule has 0 unspecified atom stereocenters. The van der Waals surface area contributed by atoms with Crippen LogP contribution in [0.25, 0.3) is 0 Å². The van der Waals surface area contributed by atoms with Gasteiger partial charge in [0.1, 0.15) is 10.8 Å². The maximum Gasteiger partial charge on any atom is 0.313 e. The monoisotopic (exact) mass is 453 g/mol. The molecule has 1 N–H and O–H groups in total. The Morgan fingerprint density at radius 2 is 1.87 bits per heavy atom. The van der Waals surface area contributed by atoms with Gasteiger partial charge in [0.2, 0.25) is 0 Å². The number of ether oxygens (including phenoxy) is 1. The highest BCUT2D eigenvalue weighted by Gasteiger charge is 2.38. The second kappa shape index (κ2) is 12.2. The van der Waals surface area contributed by atoms with Crippen LogP contribution in [0.3, 0.4) is 0 Å². The predicted octanol–water partition coefficient (Wildman–Crippen LogP) is 5.61. The van der Waals surface area contributed by atoms with Gasteiger partial charge in [0.25, 0.3) is 0 Å². The van der Waals surface area contributed by atoms with E-state index in [1.54, 1.807) is 6.20 Å². The Kier molecular flexibility index (Phi) is 9.65. The number of rotatable bonds is 11. The molecule has 0 saturated heterocycles. The van der Waals surface area contributed by atoms with Gasteiger partial charge < -0.3 is 9.84 Å². The summed E-state index contributed by atoms with van der Waals surface area (Å²) < 4.78 is 6.84. The minimum absolute atomic E-state index is 0.0314. The third kappa shape index (κ3) is 7.06. The summed E-state index contributed by atoms with van der Waals surface area (Å²) in [5, 5.41) is 9.68. The predicted molar refractivity (Wildman–Crippen MR) is 121 cm³/mol. The van der Waals surface area contributed by atoms with Gasteiger partial charge in [-0.05, 0) is 56.8 Å². The largest absolute Gasteiger partial charge is 0.481 e. The van der Waals surface area contributed by atoms with Crippen molar-refractivity contribution < 1.29 is 19.4 Å². The van der Waals surface area contributed by atoms with Crippen molar-refractivity contribution in [3.8, 4) is 0 Å². The van der Waals surface area contributed by atoms with Crippen molar-refractivity contribution in [3.63, 3.8) is 0 Å². The second-order valence-corrected chi connectivity index (χ2v) is 11.1. The number of ketones is 1. The first-order valence-electron chi connectivity index (χ1n) is 11.5. The van der Waals surface area contributed by atoms with Crippen LogP contribution in [0.4, 0.5) is 0 Å². The van der Waals surface area contributed by atoms with Crippen molar-refractivity contribution in [3.05, 3.63) is 11.2 Å². The third-order valence-electron chi connectivity index (χ3n) is 6.51. The molecule has 1 aromatic rings. The normalized spacial score (nSPS) is 23.9. The Hall–Kier alpha value is -0.920. The van der Waals surface area contributed by atoms with Gasteiger partial charge in [0.15, 0.2) is 0 Å². The zero-order chi connectivity index (χ0) is 21.3. The first-order valence-corrected chi connectivity index (χ1v) is 13.3. The first-order chi connectivity index (χ1) is 14.6. The third-order valence-corrected chi connectivity index (χ3v) is 8.69. The number of carbonyl (C=O) groups excluding carboxylic acids is 1. The maximum atomic E-state index is 13.5. The molecule has 0 amide bonds. The van der Waals surface area contributed by atoms with Crippen molar-refractivity contribution in [1.82, 2.24) is 4.98 Å². The van der Waals surface area contributed by atoms with Crippen molar-refractivity contribution in [2.45, 2.75) is 87.9 Å². The Bertz CT molecular complexity index is 678. The summed E-state index contributed by atoms with van der Waals surface area (Å²) >= 11 is 2.75.